The third kappa shape index (κ3) is 3.80. The van der Waals surface area contributed by atoms with Crippen molar-refractivity contribution in [3.63, 3.8) is 0 Å². The van der Waals surface area contributed by atoms with Gasteiger partial charge in [0.15, 0.2) is 11.6 Å². The molecule has 0 aliphatic carbocycles. The predicted octanol–water partition coefficient (Wildman–Crippen LogP) is 5.57. The van der Waals surface area contributed by atoms with Gasteiger partial charge in [0.2, 0.25) is 5.91 Å². The lowest BCUT2D eigenvalue weighted by molar-refractivity contribution is -0.121. The Hall–Kier alpha value is -5.37. The summed E-state index contributed by atoms with van der Waals surface area (Å²) >= 11 is 0. The zero-order chi connectivity index (χ0) is 30.6. The van der Waals surface area contributed by atoms with Crippen LogP contribution >= 0.6 is 0 Å². The first-order chi connectivity index (χ1) is 21.4. The summed E-state index contributed by atoms with van der Waals surface area (Å²) in [5, 5.41) is 3.05. The quantitative estimate of drug-likeness (QED) is 0.283. The van der Waals surface area contributed by atoms with Crippen LogP contribution in [0.4, 0.5) is 11.4 Å². The Labute approximate surface area is 254 Å². The average molecular weight is 587 g/mol. The number of para-hydroxylation sites is 2. The first-order valence-corrected chi connectivity index (χ1v) is 14.3. The van der Waals surface area contributed by atoms with Crippen LogP contribution in [0.25, 0.3) is 6.08 Å². The normalized spacial score (nSPS) is 22.6. The summed E-state index contributed by atoms with van der Waals surface area (Å²) in [5.41, 5.74) is 2.12. The summed E-state index contributed by atoms with van der Waals surface area (Å²) in [4.78, 5) is 46.6. The van der Waals surface area contributed by atoms with Crippen LogP contribution in [0.1, 0.15) is 31.8 Å². The van der Waals surface area contributed by atoms with E-state index in [0.29, 0.717) is 34.1 Å². The minimum absolute atomic E-state index is 0.231. The second kappa shape index (κ2) is 10.4. The Morgan fingerprint density at radius 3 is 2.34 bits per heavy atom. The number of ether oxygens (including phenoxy) is 3. The third-order valence-corrected chi connectivity index (χ3v) is 9.12. The summed E-state index contributed by atoms with van der Waals surface area (Å²) in [6, 6.07) is 25.3. The molecule has 8 nitrogen and oxygen atoms in total. The number of benzene rings is 4. The molecule has 220 valence electrons. The number of nitrogens with one attached hydrogen (secondary N) is 1. The van der Waals surface area contributed by atoms with E-state index in [1.54, 1.807) is 42.5 Å². The van der Waals surface area contributed by atoms with E-state index in [2.05, 4.69) is 5.32 Å². The summed E-state index contributed by atoms with van der Waals surface area (Å²) in [6.07, 6.45) is 3.92. The highest BCUT2D eigenvalue weighted by atomic mass is 16.5. The van der Waals surface area contributed by atoms with Gasteiger partial charge in [0, 0.05) is 16.9 Å². The average Bonchev–Trinajstić information content (AvgIpc) is 3.55. The fraction of sp³-hybridized carbons (Fsp3) is 0.194. The van der Waals surface area contributed by atoms with Gasteiger partial charge in [-0.05, 0) is 53.6 Å². The van der Waals surface area contributed by atoms with Gasteiger partial charge >= 0.3 is 0 Å². The van der Waals surface area contributed by atoms with Crippen molar-refractivity contribution in [1.82, 2.24) is 0 Å². The van der Waals surface area contributed by atoms with Gasteiger partial charge in [-0.3, -0.25) is 14.4 Å². The maximum Gasteiger partial charge on any atom is 0.238 e. The van der Waals surface area contributed by atoms with Crippen molar-refractivity contribution < 1.29 is 28.6 Å². The standard InChI is InChI=1S/C36H30N2O6/c1-42-23-11-8-10-22(19-23)33(39)32-31(34(40)25-20-24(43-2)16-17-29(25)44-3)36(26-12-5-6-13-27(26)37-35(36)41)30-18-15-21-9-4-7-14-28(21)38(30)32/h4-20,30-32H,1-3H3,(H,37,41)/t30-,31-,32+,36-/m0/s1. The molecule has 4 aromatic rings. The molecular weight excluding hydrogens is 556 g/mol. The number of rotatable bonds is 7. The van der Waals surface area contributed by atoms with Gasteiger partial charge in [0.1, 0.15) is 28.7 Å². The molecule has 3 aliphatic rings. The van der Waals surface area contributed by atoms with Crippen LogP contribution in [-0.2, 0) is 10.2 Å². The summed E-state index contributed by atoms with van der Waals surface area (Å²) in [7, 11) is 4.55. The third-order valence-electron chi connectivity index (χ3n) is 9.12. The van der Waals surface area contributed by atoms with Gasteiger partial charge in [-0.15, -0.1) is 0 Å². The maximum atomic E-state index is 15.2. The van der Waals surface area contributed by atoms with Crippen molar-refractivity contribution in [2.24, 2.45) is 5.92 Å². The van der Waals surface area contributed by atoms with E-state index >= 15 is 4.79 Å². The summed E-state index contributed by atoms with van der Waals surface area (Å²) in [6.45, 7) is 0. The second-order valence-corrected chi connectivity index (χ2v) is 11.1. The van der Waals surface area contributed by atoms with Crippen molar-refractivity contribution in [2.45, 2.75) is 17.5 Å². The molecule has 1 N–H and O–H groups in total. The molecule has 7 rings (SSSR count). The number of hydrogen-bond donors (Lipinski definition) is 1. The highest BCUT2D eigenvalue weighted by Crippen LogP contribution is 2.58. The number of anilines is 2. The Morgan fingerprint density at radius 2 is 1.55 bits per heavy atom. The van der Waals surface area contributed by atoms with Crippen LogP contribution < -0.4 is 24.4 Å². The first kappa shape index (κ1) is 27.5. The zero-order valence-electron chi connectivity index (χ0n) is 24.4. The van der Waals surface area contributed by atoms with Crippen molar-refractivity contribution in [3.05, 3.63) is 119 Å². The number of carbonyl (C=O) groups is 3. The van der Waals surface area contributed by atoms with Crippen molar-refractivity contribution in [3.8, 4) is 17.2 Å². The van der Waals surface area contributed by atoms with Gasteiger partial charge in [0.05, 0.1) is 38.9 Å². The Bertz CT molecular complexity index is 1870. The first-order valence-electron chi connectivity index (χ1n) is 14.3. The predicted molar refractivity (Wildman–Crippen MR) is 167 cm³/mol. The fourth-order valence-corrected chi connectivity index (χ4v) is 7.24. The lowest BCUT2D eigenvalue weighted by atomic mass is 9.64. The molecule has 0 unspecified atom stereocenters. The Balaban J connectivity index is 1.55. The number of ketones is 2. The number of hydrogen-bond acceptors (Lipinski definition) is 7. The number of amides is 1. The molecule has 0 bridgehead atoms. The molecule has 3 aliphatic heterocycles. The molecule has 1 spiro atoms. The highest BCUT2D eigenvalue weighted by molar-refractivity contribution is 6.19. The van der Waals surface area contributed by atoms with Crippen molar-refractivity contribution in [2.75, 3.05) is 31.5 Å². The van der Waals surface area contributed by atoms with Crippen LogP contribution in [0.5, 0.6) is 17.2 Å². The molecule has 8 heteroatoms. The van der Waals surface area contributed by atoms with Crippen LogP contribution in [0.15, 0.2) is 97.1 Å². The summed E-state index contributed by atoms with van der Waals surface area (Å²) in [5.74, 6) is -0.879. The molecule has 4 atom stereocenters. The van der Waals surface area contributed by atoms with E-state index in [4.69, 9.17) is 14.2 Å². The minimum atomic E-state index is -1.44. The maximum absolute atomic E-state index is 15.2. The van der Waals surface area contributed by atoms with E-state index < -0.39 is 29.2 Å². The lowest BCUT2D eigenvalue weighted by Crippen LogP contribution is -2.51. The lowest BCUT2D eigenvalue weighted by Gasteiger charge is -2.37. The molecule has 1 fully saturated rings. The SMILES string of the molecule is COc1cccc(C(=O)[C@H]2[C@@H](C(=O)c3cc(OC)ccc3OC)[C@@]3(C(=O)Nc4ccccc43)[C@@H]3C=Cc4ccccc4N32)c1. The number of Topliss-reactive ketones (excluding diaryl/α,β-unsaturated/α-hetero) is 2. The van der Waals surface area contributed by atoms with E-state index in [9.17, 15) is 9.59 Å². The second-order valence-electron chi connectivity index (χ2n) is 11.1. The molecule has 3 heterocycles. The Kier molecular flexibility index (Phi) is 6.50. The number of nitrogens with zero attached hydrogens (tertiary/aromatic N) is 1. The summed E-state index contributed by atoms with van der Waals surface area (Å²) < 4.78 is 16.6. The fourth-order valence-electron chi connectivity index (χ4n) is 7.24. The van der Waals surface area contributed by atoms with E-state index in [-0.39, 0.29) is 17.3 Å². The minimum Gasteiger partial charge on any atom is -0.497 e. The number of fused-ring (bicyclic) bond motifs is 6. The molecular formula is C36H30N2O6. The van der Waals surface area contributed by atoms with Crippen LogP contribution in [0.3, 0.4) is 0 Å². The molecule has 4 aromatic carbocycles. The highest BCUT2D eigenvalue weighted by Gasteiger charge is 2.70. The molecule has 0 radical (unpaired) electrons. The smallest absolute Gasteiger partial charge is 0.238 e. The topological polar surface area (TPSA) is 94.2 Å². The zero-order valence-corrected chi connectivity index (χ0v) is 24.4. The van der Waals surface area contributed by atoms with Crippen molar-refractivity contribution >= 4 is 34.9 Å². The number of carbonyl (C=O) groups excluding carboxylic acids is 3. The largest absolute Gasteiger partial charge is 0.497 e. The monoisotopic (exact) mass is 586 g/mol. The van der Waals surface area contributed by atoms with Gasteiger partial charge in [-0.25, -0.2) is 0 Å². The number of methoxy groups -OCH3 is 3. The molecule has 1 saturated heterocycles. The Morgan fingerprint density at radius 1 is 0.795 bits per heavy atom. The van der Waals surface area contributed by atoms with E-state index in [0.717, 1.165) is 11.3 Å². The van der Waals surface area contributed by atoms with Gasteiger partial charge in [-0.2, -0.15) is 0 Å². The molecule has 0 saturated carbocycles. The van der Waals surface area contributed by atoms with Crippen LogP contribution in [0, 0.1) is 5.92 Å². The van der Waals surface area contributed by atoms with Gasteiger partial charge < -0.3 is 24.4 Å². The van der Waals surface area contributed by atoms with Crippen molar-refractivity contribution in [1.29, 1.82) is 0 Å². The van der Waals surface area contributed by atoms with Crippen LogP contribution in [-0.4, -0.2) is 50.9 Å². The van der Waals surface area contributed by atoms with Gasteiger partial charge in [0.25, 0.3) is 0 Å². The molecule has 1 amide bonds. The van der Waals surface area contributed by atoms with Crippen LogP contribution in [0.2, 0.25) is 0 Å². The molecule has 0 aromatic heterocycles. The van der Waals surface area contributed by atoms with E-state index in [1.807, 2.05) is 65.6 Å². The van der Waals surface area contributed by atoms with E-state index in [1.165, 1.54) is 21.3 Å². The molecule has 44 heavy (non-hydrogen) atoms. The van der Waals surface area contributed by atoms with Gasteiger partial charge in [-0.1, -0.05) is 60.7 Å².